The Balaban J connectivity index is 1.63. The maximum absolute atomic E-state index is 10.8. The molecule has 140 valence electrons. The molecule has 7 nitrogen and oxygen atoms in total. The van der Waals surface area contributed by atoms with Crippen LogP contribution in [0.15, 0.2) is 67.0 Å². The topological polar surface area (TPSA) is 79.4 Å². The van der Waals surface area contributed by atoms with Crippen molar-refractivity contribution in [1.82, 2.24) is 9.55 Å². The zero-order valence-corrected chi connectivity index (χ0v) is 15.0. The number of ether oxygens (including phenoxy) is 2. The molecule has 3 aromatic rings. The molecule has 3 rings (SSSR count). The van der Waals surface area contributed by atoms with Gasteiger partial charge in [0.1, 0.15) is 24.3 Å². The monoisotopic (exact) mass is 367 g/mol. The molecule has 0 aliphatic rings. The van der Waals surface area contributed by atoms with E-state index in [4.69, 9.17) is 9.47 Å². The Labute approximate surface area is 157 Å². The molecule has 1 aromatic heterocycles. The maximum Gasteiger partial charge on any atom is 0.269 e. The molecule has 0 N–H and O–H groups in total. The Morgan fingerprint density at radius 2 is 1.89 bits per heavy atom. The fourth-order valence-corrected chi connectivity index (χ4v) is 2.60. The number of benzene rings is 2. The summed E-state index contributed by atoms with van der Waals surface area (Å²) in [6.07, 6.45) is 3.45. The number of imidazole rings is 1. The summed E-state index contributed by atoms with van der Waals surface area (Å²) in [5.74, 6) is 1.68. The van der Waals surface area contributed by atoms with Crippen LogP contribution in [0.1, 0.15) is 11.4 Å². The van der Waals surface area contributed by atoms with Gasteiger partial charge in [0, 0.05) is 24.5 Å². The minimum atomic E-state index is -0.414. The number of non-ortho nitro benzene ring substituents is 1. The normalized spacial score (nSPS) is 11.9. The lowest BCUT2D eigenvalue weighted by Crippen LogP contribution is -2.27. The van der Waals surface area contributed by atoms with Crippen LogP contribution in [0.5, 0.6) is 5.75 Å². The Morgan fingerprint density at radius 1 is 1.15 bits per heavy atom. The number of nitrogens with zero attached hydrogens (tertiary/aromatic N) is 3. The van der Waals surface area contributed by atoms with E-state index in [1.807, 2.05) is 48.0 Å². The van der Waals surface area contributed by atoms with Crippen molar-refractivity contribution in [2.75, 3.05) is 6.61 Å². The molecule has 0 aliphatic carbocycles. The highest BCUT2D eigenvalue weighted by Crippen LogP contribution is 2.15. The predicted molar refractivity (Wildman–Crippen MR) is 101 cm³/mol. The van der Waals surface area contributed by atoms with Gasteiger partial charge in [-0.1, -0.05) is 18.2 Å². The number of para-hydroxylation sites is 1. The molecule has 1 atom stereocenters. The summed E-state index contributed by atoms with van der Waals surface area (Å²) in [7, 11) is 0. The van der Waals surface area contributed by atoms with Crippen LogP contribution in [0.2, 0.25) is 0 Å². The summed E-state index contributed by atoms with van der Waals surface area (Å²) >= 11 is 0. The summed E-state index contributed by atoms with van der Waals surface area (Å²) < 4.78 is 13.9. The smallest absolute Gasteiger partial charge is 0.269 e. The van der Waals surface area contributed by atoms with E-state index in [9.17, 15) is 10.1 Å². The number of hydrogen-bond donors (Lipinski definition) is 0. The first-order chi connectivity index (χ1) is 13.1. The van der Waals surface area contributed by atoms with E-state index < -0.39 is 4.92 Å². The second-order valence-corrected chi connectivity index (χ2v) is 6.11. The molecule has 0 fully saturated rings. The Bertz CT molecular complexity index is 862. The molecule has 0 spiro atoms. The van der Waals surface area contributed by atoms with Gasteiger partial charge in [0.2, 0.25) is 0 Å². The molecule has 1 heterocycles. The number of nitro groups is 1. The zero-order chi connectivity index (χ0) is 19.1. The second kappa shape index (κ2) is 8.95. The predicted octanol–water partition coefficient (Wildman–Crippen LogP) is 3.76. The highest BCUT2D eigenvalue weighted by molar-refractivity contribution is 5.32. The highest BCUT2D eigenvalue weighted by atomic mass is 16.6. The largest absolute Gasteiger partial charge is 0.491 e. The van der Waals surface area contributed by atoms with Crippen molar-refractivity contribution in [3.8, 4) is 5.75 Å². The number of hydrogen-bond acceptors (Lipinski definition) is 5. The summed E-state index contributed by atoms with van der Waals surface area (Å²) in [6, 6.07) is 15.9. The van der Waals surface area contributed by atoms with Gasteiger partial charge in [-0.15, -0.1) is 0 Å². The minimum Gasteiger partial charge on any atom is -0.491 e. The fraction of sp³-hybridized carbons (Fsp3) is 0.250. The maximum atomic E-state index is 10.8. The van der Waals surface area contributed by atoms with Crippen molar-refractivity contribution in [2.24, 2.45) is 0 Å². The molecule has 0 saturated carbocycles. The average molecular weight is 367 g/mol. The van der Waals surface area contributed by atoms with Gasteiger partial charge < -0.3 is 14.0 Å². The van der Waals surface area contributed by atoms with Crippen molar-refractivity contribution in [3.05, 3.63) is 88.5 Å². The lowest BCUT2D eigenvalue weighted by molar-refractivity contribution is -0.384. The molecule has 2 aromatic carbocycles. The van der Waals surface area contributed by atoms with E-state index in [0.717, 1.165) is 17.1 Å². The molecular weight excluding hydrogens is 346 g/mol. The van der Waals surface area contributed by atoms with Gasteiger partial charge >= 0.3 is 0 Å². The standard InChI is InChI=1S/C20H21N3O4/c1-16-21-11-12-22(16)13-20(15-27-19-5-3-2-4-6-19)26-14-17-7-9-18(10-8-17)23(24)25/h2-12,20H,13-15H2,1H3. The SMILES string of the molecule is Cc1nccn1CC(COc1ccccc1)OCc1ccc([N+](=O)[O-])cc1. The van der Waals surface area contributed by atoms with Gasteiger partial charge in [-0.3, -0.25) is 10.1 Å². The quantitative estimate of drug-likeness (QED) is 0.425. The molecule has 0 radical (unpaired) electrons. The van der Waals surface area contributed by atoms with Crippen LogP contribution in [0.25, 0.3) is 0 Å². The third-order valence-corrected chi connectivity index (χ3v) is 4.14. The van der Waals surface area contributed by atoms with E-state index >= 15 is 0 Å². The second-order valence-electron chi connectivity index (χ2n) is 6.11. The van der Waals surface area contributed by atoms with E-state index in [0.29, 0.717) is 19.8 Å². The van der Waals surface area contributed by atoms with Crippen LogP contribution in [0, 0.1) is 17.0 Å². The van der Waals surface area contributed by atoms with Gasteiger partial charge in [-0.2, -0.15) is 0 Å². The number of rotatable bonds is 9. The zero-order valence-electron chi connectivity index (χ0n) is 15.0. The van der Waals surface area contributed by atoms with Crippen LogP contribution in [-0.4, -0.2) is 27.2 Å². The fourth-order valence-electron chi connectivity index (χ4n) is 2.60. The van der Waals surface area contributed by atoms with Gasteiger partial charge in [0.25, 0.3) is 5.69 Å². The van der Waals surface area contributed by atoms with Crippen LogP contribution < -0.4 is 4.74 Å². The van der Waals surface area contributed by atoms with Crippen molar-refractivity contribution in [3.63, 3.8) is 0 Å². The first-order valence-corrected chi connectivity index (χ1v) is 8.62. The first-order valence-electron chi connectivity index (χ1n) is 8.62. The van der Waals surface area contributed by atoms with Crippen LogP contribution in [0.4, 0.5) is 5.69 Å². The third kappa shape index (κ3) is 5.39. The highest BCUT2D eigenvalue weighted by Gasteiger charge is 2.14. The molecule has 0 aliphatic heterocycles. The van der Waals surface area contributed by atoms with E-state index in [-0.39, 0.29) is 11.8 Å². The molecule has 27 heavy (non-hydrogen) atoms. The number of aryl methyl sites for hydroxylation is 1. The lowest BCUT2D eigenvalue weighted by atomic mass is 10.2. The molecule has 0 saturated heterocycles. The first kappa shape index (κ1) is 18.6. The Hall–Kier alpha value is -3.19. The Morgan fingerprint density at radius 3 is 2.52 bits per heavy atom. The van der Waals surface area contributed by atoms with Crippen molar-refractivity contribution < 1.29 is 14.4 Å². The van der Waals surface area contributed by atoms with Crippen LogP contribution >= 0.6 is 0 Å². The summed E-state index contributed by atoms with van der Waals surface area (Å²) in [5, 5.41) is 10.8. The number of nitro benzene ring substituents is 1. The van der Waals surface area contributed by atoms with Crippen LogP contribution in [-0.2, 0) is 17.9 Å². The van der Waals surface area contributed by atoms with E-state index in [2.05, 4.69) is 4.98 Å². The third-order valence-electron chi connectivity index (χ3n) is 4.14. The van der Waals surface area contributed by atoms with Crippen LogP contribution in [0.3, 0.4) is 0 Å². The molecule has 1 unspecified atom stereocenters. The van der Waals surface area contributed by atoms with E-state index in [1.54, 1.807) is 18.3 Å². The molecular formula is C20H21N3O4. The minimum absolute atomic E-state index is 0.0664. The summed E-state index contributed by atoms with van der Waals surface area (Å²) in [5.41, 5.74) is 0.935. The van der Waals surface area contributed by atoms with Gasteiger partial charge in [0.15, 0.2) is 0 Å². The van der Waals surface area contributed by atoms with E-state index in [1.165, 1.54) is 12.1 Å². The number of aromatic nitrogens is 2. The lowest BCUT2D eigenvalue weighted by Gasteiger charge is -2.20. The van der Waals surface area contributed by atoms with Crippen molar-refractivity contribution >= 4 is 5.69 Å². The summed E-state index contributed by atoms with van der Waals surface area (Å²) in [6.45, 7) is 3.26. The van der Waals surface area contributed by atoms with Gasteiger partial charge in [-0.05, 0) is 36.8 Å². The van der Waals surface area contributed by atoms with Gasteiger partial charge in [-0.25, -0.2) is 4.98 Å². The average Bonchev–Trinajstić information content (AvgIpc) is 3.09. The van der Waals surface area contributed by atoms with Gasteiger partial charge in [0.05, 0.1) is 18.1 Å². The van der Waals surface area contributed by atoms with Crippen molar-refractivity contribution in [1.29, 1.82) is 0 Å². The molecule has 7 heteroatoms. The molecule has 0 bridgehead atoms. The molecule has 0 amide bonds. The summed E-state index contributed by atoms with van der Waals surface area (Å²) in [4.78, 5) is 14.6. The van der Waals surface area contributed by atoms with Crippen molar-refractivity contribution in [2.45, 2.75) is 26.2 Å². The Kier molecular flexibility index (Phi) is 6.17.